The van der Waals surface area contributed by atoms with E-state index in [9.17, 15) is 0 Å². The number of hydrogen-bond donors (Lipinski definition) is 2. The van der Waals surface area contributed by atoms with Gasteiger partial charge in [0.15, 0.2) is 0 Å². The number of para-hydroxylation sites is 3. The molecule has 4 heteroatoms. The second-order valence-corrected chi connectivity index (χ2v) is 5.36. The fourth-order valence-corrected chi connectivity index (χ4v) is 2.90. The second-order valence-electron chi connectivity index (χ2n) is 5.36. The van der Waals surface area contributed by atoms with Gasteiger partial charge in [-0.15, -0.1) is 0 Å². The van der Waals surface area contributed by atoms with E-state index >= 15 is 0 Å². The Morgan fingerprint density at radius 3 is 2.43 bits per heavy atom. The topological polar surface area (TPSA) is 39.7 Å². The predicted molar refractivity (Wildman–Crippen MR) is 86.8 cm³/mol. The Hall–Kier alpha value is -2.33. The van der Waals surface area contributed by atoms with Gasteiger partial charge in [-0.2, -0.15) is 0 Å². The zero-order chi connectivity index (χ0) is 14.1. The molecule has 2 aliphatic rings. The number of fused-ring (bicyclic) bond motifs is 2. The molecule has 4 nitrogen and oxygen atoms in total. The van der Waals surface area contributed by atoms with Crippen LogP contribution in [-0.4, -0.2) is 36.9 Å². The Morgan fingerprint density at radius 2 is 1.57 bits per heavy atom. The lowest BCUT2D eigenvalue weighted by Crippen LogP contribution is -2.46. The lowest BCUT2D eigenvalue weighted by Gasteiger charge is -2.30. The van der Waals surface area contributed by atoms with Crippen molar-refractivity contribution in [3.8, 4) is 0 Å². The van der Waals surface area contributed by atoms with E-state index in [1.54, 1.807) is 0 Å². The minimum Gasteiger partial charge on any atom is -0.353 e. The SMILES string of the molecule is c1ccc2c(c1)N=C(N1CCNCC1)c1ccccc1N2. The first-order valence-corrected chi connectivity index (χ1v) is 7.42. The maximum absolute atomic E-state index is 4.96. The van der Waals surface area contributed by atoms with Crippen LogP contribution in [0.1, 0.15) is 5.56 Å². The van der Waals surface area contributed by atoms with Crippen LogP contribution in [0.5, 0.6) is 0 Å². The first kappa shape index (κ1) is 12.4. The Balaban J connectivity index is 1.87. The number of aliphatic imine (C=N–C) groups is 1. The van der Waals surface area contributed by atoms with Crippen molar-refractivity contribution in [3.05, 3.63) is 54.1 Å². The molecule has 1 fully saturated rings. The summed E-state index contributed by atoms with van der Waals surface area (Å²) in [6.07, 6.45) is 0. The third kappa shape index (κ3) is 2.28. The normalized spacial score (nSPS) is 17.1. The molecule has 0 saturated carbocycles. The van der Waals surface area contributed by atoms with Crippen LogP contribution in [0.3, 0.4) is 0 Å². The van der Waals surface area contributed by atoms with Crippen molar-refractivity contribution < 1.29 is 0 Å². The van der Waals surface area contributed by atoms with Gasteiger partial charge in [0.05, 0.1) is 11.4 Å². The van der Waals surface area contributed by atoms with Crippen LogP contribution in [0.4, 0.5) is 17.1 Å². The third-order valence-corrected chi connectivity index (χ3v) is 3.98. The number of hydrogen-bond acceptors (Lipinski definition) is 4. The number of benzene rings is 2. The fraction of sp³-hybridized carbons (Fsp3) is 0.235. The van der Waals surface area contributed by atoms with Crippen LogP contribution in [0.25, 0.3) is 0 Å². The first-order chi connectivity index (χ1) is 10.4. The third-order valence-electron chi connectivity index (χ3n) is 3.98. The molecular weight excluding hydrogens is 260 g/mol. The van der Waals surface area contributed by atoms with E-state index in [1.807, 2.05) is 12.1 Å². The lowest BCUT2D eigenvalue weighted by atomic mass is 10.1. The highest BCUT2D eigenvalue weighted by atomic mass is 15.2. The van der Waals surface area contributed by atoms with Crippen LogP contribution in [0.2, 0.25) is 0 Å². The van der Waals surface area contributed by atoms with Crippen LogP contribution in [-0.2, 0) is 0 Å². The minimum absolute atomic E-state index is 0.995. The van der Waals surface area contributed by atoms with Crippen LogP contribution in [0.15, 0.2) is 53.5 Å². The van der Waals surface area contributed by atoms with E-state index < -0.39 is 0 Å². The molecule has 0 atom stereocenters. The molecule has 0 amide bonds. The number of amidine groups is 1. The summed E-state index contributed by atoms with van der Waals surface area (Å²) >= 11 is 0. The van der Waals surface area contributed by atoms with Crippen molar-refractivity contribution in [2.75, 3.05) is 31.5 Å². The van der Waals surface area contributed by atoms with E-state index in [4.69, 9.17) is 4.99 Å². The van der Waals surface area contributed by atoms with Crippen LogP contribution >= 0.6 is 0 Å². The van der Waals surface area contributed by atoms with Crippen molar-refractivity contribution in [2.24, 2.45) is 4.99 Å². The summed E-state index contributed by atoms with van der Waals surface area (Å²) < 4.78 is 0. The minimum atomic E-state index is 0.995. The maximum atomic E-state index is 4.96. The van der Waals surface area contributed by atoms with Crippen LogP contribution in [0, 0.1) is 0 Å². The molecule has 0 aliphatic carbocycles. The molecule has 1 saturated heterocycles. The van der Waals surface area contributed by atoms with Crippen molar-refractivity contribution in [3.63, 3.8) is 0 Å². The van der Waals surface area contributed by atoms with Crippen LogP contribution < -0.4 is 10.6 Å². The highest BCUT2D eigenvalue weighted by Crippen LogP contribution is 2.34. The quantitative estimate of drug-likeness (QED) is 0.778. The molecule has 2 N–H and O–H groups in total. The number of anilines is 2. The molecule has 2 aromatic rings. The summed E-state index contributed by atoms with van der Waals surface area (Å²) in [4.78, 5) is 7.33. The van der Waals surface area contributed by atoms with Gasteiger partial charge >= 0.3 is 0 Å². The van der Waals surface area contributed by atoms with E-state index in [1.165, 1.54) is 5.56 Å². The summed E-state index contributed by atoms with van der Waals surface area (Å²) in [5.41, 5.74) is 4.37. The molecule has 106 valence electrons. The lowest BCUT2D eigenvalue weighted by molar-refractivity contribution is 0.358. The molecule has 21 heavy (non-hydrogen) atoms. The summed E-state index contributed by atoms with van der Waals surface area (Å²) in [7, 11) is 0. The molecule has 0 aromatic heterocycles. The van der Waals surface area contributed by atoms with E-state index in [0.717, 1.165) is 49.1 Å². The fourth-order valence-electron chi connectivity index (χ4n) is 2.90. The maximum Gasteiger partial charge on any atom is 0.138 e. The Bertz CT molecular complexity index is 687. The standard InChI is InChI=1S/C17H18N4/c1-2-6-14-13(5-1)17(21-11-9-18-10-12-21)20-16-8-4-3-7-15(16)19-14/h1-8,18-19H,9-12H2. The molecule has 0 unspecified atom stereocenters. The van der Waals surface area contributed by atoms with Gasteiger partial charge in [-0.05, 0) is 24.3 Å². The molecule has 0 radical (unpaired) electrons. The number of nitrogens with zero attached hydrogens (tertiary/aromatic N) is 2. The molecule has 2 aromatic carbocycles. The van der Waals surface area contributed by atoms with Gasteiger partial charge < -0.3 is 15.5 Å². The summed E-state index contributed by atoms with van der Waals surface area (Å²) in [5, 5.41) is 6.92. The number of nitrogens with one attached hydrogen (secondary N) is 2. The first-order valence-electron chi connectivity index (χ1n) is 7.42. The largest absolute Gasteiger partial charge is 0.353 e. The highest BCUT2D eigenvalue weighted by molar-refractivity contribution is 6.07. The van der Waals surface area contributed by atoms with Gasteiger partial charge in [-0.3, -0.25) is 0 Å². The second kappa shape index (κ2) is 5.22. The van der Waals surface area contributed by atoms with Gasteiger partial charge in [0.25, 0.3) is 0 Å². The van der Waals surface area contributed by atoms with Gasteiger partial charge in [-0.1, -0.05) is 24.3 Å². The number of piperazine rings is 1. The molecular formula is C17H18N4. The summed E-state index contributed by atoms with van der Waals surface area (Å²) in [5.74, 6) is 1.07. The summed E-state index contributed by atoms with van der Waals surface area (Å²) in [6, 6.07) is 16.6. The van der Waals surface area contributed by atoms with E-state index in [2.05, 4.69) is 51.9 Å². The predicted octanol–water partition coefficient (Wildman–Crippen LogP) is 2.73. The van der Waals surface area contributed by atoms with Gasteiger partial charge in [0.1, 0.15) is 5.84 Å². The summed E-state index contributed by atoms with van der Waals surface area (Å²) in [6.45, 7) is 4.01. The Morgan fingerprint density at radius 1 is 0.857 bits per heavy atom. The van der Waals surface area contributed by atoms with Crippen molar-refractivity contribution in [1.29, 1.82) is 0 Å². The number of rotatable bonds is 0. The zero-order valence-electron chi connectivity index (χ0n) is 11.8. The molecule has 0 spiro atoms. The van der Waals surface area contributed by atoms with Crippen molar-refractivity contribution in [1.82, 2.24) is 10.2 Å². The molecule has 4 rings (SSSR count). The monoisotopic (exact) mass is 278 g/mol. The van der Waals surface area contributed by atoms with Gasteiger partial charge in [0, 0.05) is 37.4 Å². The Labute approximate surface area is 124 Å². The molecule has 2 heterocycles. The van der Waals surface area contributed by atoms with Crippen molar-refractivity contribution >= 4 is 22.9 Å². The van der Waals surface area contributed by atoms with E-state index in [-0.39, 0.29) is 0 Å². The van der Waals surface area contributed by atoms with Gasteiger partial charge in [-0.25, -0.2) is 4.99 Å². The average Bonchev–Trinajstić information content (AvgIpc) is 2.72. The van der Waals surface area contributed by atoms with Gasteiger partial charge in [0.2, 0.25) is 0 Å². The zero-order valence-corrected chi connectivity index (χ0v) is 11.8. The van der Waals surface area contributed by atoms with Crippen molar-refractivity contribution in [2.45, 2.75) is 0 Å². The molecule has 2 aliphatic heterocycles. The highest BCUT2D eigenvalue weighted by Gasteiger charge is 2.21. The molecule has 0 bridgehead atoms. The van der Waals surface area contributed by atoms with E-state index in [0.29, 0.717) is 0 Å². The average molecular weight is 278 g/mol. The smallest absolute Gasteiger partial charge is 0.138 e. The Kier molecular flexibility index (Phi) is 3.09.